The quantitative estimate of drug-likeness (QED) is 0.420. The molecule has 0 bridgehead atoms. The molecule has 158 valence electrons. The van der Waals surface area contributed by atoms with Crippen LogP contribution >= 0.6 is 0 Å². The highest BCUT2D eigenvalue weighted by Gasteiger charge is 2.11. The SMILES string of the molecule is CN=C(NCCCCn1ccnc1C)N(C)Cc1ccc(N2CCCCC2)cc1. The molecular formula is C23H36N6. The summed E-state index contributed by atoms with van der Waals surface area (Å²) in [4.78, 5) is 13.4. The molecule has 1 aromatic carbocycles. The third kappa shape index (κ3) is 6.24. The highest BCUT2D eigenvalue weighted by Crippen LogP contribution is 2.20. The lowest BCUT2D eigenvalue weighted by Gasteiger charge is -2.29. The summed E-state index contributed by atoms with van der Waals surface area (Å²) in [5.41, 5.74) is 2.67. The van der Waals surface area contributed by atoms with Crippen molar-refractivity contribution in [3.05, 3.63) is 48.0 Å². The summed E-state index contributed by atoms with van der Waals surface area (Å²) < 4.78 is 2.20. The van der Waals surface area contributed by atoms with Crippen molar-refractivity contribution in [1.82, 2.24) is 19.8 Å². The van der Waals surface area contributed by atoms with Crippen molar-refractivity contribution in [2.24, 2.45) is 4.99 Å². The van der Waals surface area contributed by atoms with Crippen LogP contribution in [0.2, 0.25) is 0 Å². The molecule has 29 heavy (non-hydrogen) atoms. The van der Waals surface area contributed by atoms with Gasteiger partial charge in [-0.15, -0.1) is 0 Å². The van der Waals surface area contributed by atoms with Crippen molar-refractivity contribution >= 4 is 11.6 Å². The Kier molecular flexibility index (Phi) is 7.96. The van der Waals surface area contributed by atoms with Gasteiger partial charge in [0.15, 0.2) is 5.96 Å². The Morgan fingerprint density at radius 1 is 1.14 bits per heavy atom. The van der Waals surface area contributed by atoms with E-state index in [4.69, 9.17) is 0 Å². The number of nitrogens with zero attached hydrogens (tertiary/aromatic N) is 5. The second kappa shape index (κ2) is 10.9. The summed E-state index contributed by atoms with van der Waals surface area (Å²) in [6, 6.07) is 9.04. The van der Waals surface area contributed by atoms with Gasteiger partial charge in [-0.05, 0) is 56.7 Å². The molecule has 1 fully saturated rings. The van der Waals surface area contributed by atoms with Gasteiger partial charge in [0.05, 0.1) is 0 Å². The van der Waals surface area contributed by atoms with Crippen LogP contribution in [-0.4, -0.2) is 54.1 Å². The molecule has 1 N–H and O–H groups in total. The van der Waals surface area contributed by atoms with Gasteiger partial charge >= 0.3 is 0 Å². The van der Waals surface area contributed by atoms with E-state index in [1.54, 1.807) is 0 Å². The van der Waals surface area contributed by atoms with E-state index in [-0.39, 0.29) is 0 Å². The second-order valence-electron chi connectivity index (χ2n) is 7.92. The lowest BCUT2D eigenvalue weighted by atomic mass is 10.1. The number of unbranched alkanes of at least 4 members (excludes halogenated alkanes) is 1. The first kappa shape index (κ1) is 21.2. The molecular weight excluding hydrogens is 360 g/mol. The Bertz CT molecular complexity index is 758. The number of imidazole rings is 1. The molecule has 6 heteroatoms. The molecule has 0 spiro atoms. The number of piperidine rings is 1. The number of anilines is 1. The van der Waals surface area contributed by atoms with E-state index in [1.807, 2.05) is 26.4 Å². The summed E-state index contributed by atoms with van der Waals surface area (Å²) >= 11 is 0. The van der Waals surface area contributed by atoms with E-state index in [0.29, 0.717) is 0 Å². The van der Waals surface area contributed by atoms with Gasteiger partial charge in [0.2, 0.25) is 0 Å². The highest BCUT2D eigenvalue weighted by molar-refractivity contribution is 5.79. The maximum Gasteiger partial charge on any atom is 0.193 e. The topological polar surface area (TPSA) is 48.7 Å². The van der Waals surface area contributed by atoms with Gasteiger partial charge in [-0.25, -0.2) is 4.98 Å². The smallest absolute Gasteiger partial charge is 0.193 e. The Hall–Kier alpha value is -2.50. The number of aromatic nitrogens is 2. The predicted octanol–water partition coefficient (Wildman–Crippen LogP) is 3.67. The maximum atomic E-state index is 4.44. The third-order valence-electron chi connectivity index (χ3n) is 5.68. The molecule has 1 aliphatic rings. The molecule has 3 rings (SSSR count). The van der Waals surface area contributed by atoms with Crippen molar-refractivity contribution in [1.29, 1.82) is 0 Å². The molecule has 0 saturated carbocycles. The van der Waals surface area contributed by atoms with Gasteiger partial charge in [-0.3, -0.25) is 4.99 Å². The number of aryl methyl sites for hydroxylation is 2. The zero-order chi connectivity index (χ0) is 20.5. The molecule has 0 amide bonds. The largest absolute Gasteiger partial charge is 0.372 e. The minimum absolute atomic E-state index is 0.855. The average Bonchev–Trinajstić information content (AvgIpc) is 3.16. The third-order valence-corrected chi connectivity index (χ3v) is 5.68. The first-order chi connectivity index (χ1) is 14.2. The number of benzene rings is 1. The van der Waals surface area contributed by atoms with E-state index in [9.17, 15) is 0 Å². The van der Waals surface area contributed by atoms with Crippen molar-refractivity contribution in [3.8, 4) is 0 Å². The van der Waals surface area contributed by atoms with Crippen molar-refractivity contribution in [3.63, 3.8) is 0 Å². The molecule has 1 aliphatic heterocycles. The minimum Gasteiger partial charge on any atom is -0.372 e. The average molecular weight is 397 g/mol. The fourth-order valence-electron chi connectivity index (χ4n) is 3.95. The molecule has 6 nitrogen and oxygen atoms in total. The van der Waals surface area contributed by atoms with Gasteiger partial charge in [-0.1, -0.05) is 12.1 Å². The van der Waals surface area contributed by atoms with Crippen LogP contribution in [0.5, 0.6) is 0 Å². The number of guanidine groups is 1. The summed E-state index contributed by atoms with van der Waals surface area (Å²) in [6.45, 7) is 7.23. The van der Waals surface area contributed by atoms with Crippen LogP contribution in [0.1, 0.15) is 43.5 Å². The Balaban J connectivity index is 1.40. The number of aliphatic imine (C=N–C) groups is 1. The van der Waals surface area contributed by atoms with E-state index in [2.05, 4.69) is 61.0 Å². The van der Waals surface area contributed by atoms with Gasteiger partial charge in [0.1, 0.15) is 5.82 Å². The fourth-order valence-corrected chi connectivity index (χ4v) is 3.95. The number of nitrogens with one attached hydrogen (secondary N) is 1. The summed E-state index contributed by atoms with van der Waals surface area (Å²) in [6.07, 6.45) is 10.1. The molecule has 2 heterocycles. The first-order valence-corrected chi connectivity index (χ1v) is 10.9. The van der Waals surface area contributed by atoms with Crippen LogP contribution in [0.4, 0.5) is 5.69 Å². The van der Waals surface area contributed by atoms with Gasteiger partial charge < -0.3 is 19.7 Å². The molecule has 1 saturated heterocycles. The molecule has 2 aromatic rings. The van der Waals surface area contributed by atoms with Crippen molar-refractivity contribution in [2.45, 2.75) is 52.1 Å². The molecule has 0 atom stereocenters. The minimum atomic E-state index is 0.855. The molecule has 0 unspecified atom stereocenters. The van der Waals surface area contributed by atoms with Crippen LogP contribution in [0.15, 0.2) is 41.7 Å². The Labute approximate surface area is 175 Å². The maximum absolute atomic E-state index is 4.44. The Morgan fingerprint density at radius 3 is 2.55 bits per heavy atom. The molecule has 0 aliphatic carbocycles. The van der Waals surface area contributed by atoms with E-state index < -0.39 is 0 Å². The van der Waals surface area contributed by atoms with Crippen molar-refractivity contribution < 1.29 is 0 Å². The van der Waals surface area contributed by atoms with E-state index in [0.717, 1.165) is 44.3 Å². The monoisotopic (exact) mass is 396 g/mol. The van der Waals surface area contributed by atoms with E-state index >= 15 is 0 Å². The Morgan fingerprint density at radius 2 is 1.90 bits per heavy atom. The van der Waals surface area contributed by atoms with Crippen molar-refractivity contribution in [2.75, 3.05) is 38.6 Å². The fraction of sp³-hybridized carbons (Fsp3) is 0.565. The highest BCUT2D eigenvalue weighted by atomic mass is 15.3. The molecule has 0 radical (unpaired) electrons. The normalized spacial score (nSPS) is 14.9. The van der Waals surface area contributed by atoms with E-state index in [1.165, 1.54) is 43.6 Å². The number of hydrogen-bond acceptors (Lipinski definition) is 3. The molecule has 1 aromatic heterocycles. The summed E-state index contributed by atoms with van der Waals surface area (Å²) in [7, 11) is 3.95. The van der Waals surface area contributed by atoms with Crippen LogP contribution in [0, 0.1) is 6.92 Å². The summed E-state index contributed by atoms with van der Waals surface area (Å²) in [5.74, 6) is 2.03. The van der Waals surface area contributed by atoms with Crippen LogP contribution in [0.3, 0.4) is 0 Å². The summed E-state index contributed by atoms with van der Waals surface area (Å²) in [5, 5.41) is 3.49. The lowest BCUT2D eigenvalue weighted by Crippen LogP contribution is -2.38. The van der Waals surface area contributed by atoms with Gasteiger partial charge in [-0.2, -0.15) is 0 Å². The van der Waals surface area contributed by atoms with Gasteiger partial charge in [0.25, 0.3) is 0 Å². The predicted molar refractivity (Wildman–Crippen MR) is 122 cm³/mol. The zero-order valence-corrected chi connectivity index (χ0v) is 18.3. The second-order valence-corrected chi connectivity index (χ2v) is 7.92. The first-order valence-electron chi connectivity index (χ1n) is 10.9. The standard InChI is InChI=1S/C23H36N6/c1-20-25-14-18-28(20)15-8-5-13-26-23(24-2)27(3)19-21-9-11-22(12-10-21)29-16-6-4-7-17-29/h9-12,14,18H,4-8,13,15-17,19H2,1-3H3,(H,24,26). The number of hydrogen-bond donors (Lipinski definition) is 1. The van der Waals surface area contributed by atoms with Crippen LogP contribution < -0.4 is 10.2 Å². The number of rotatable bonds is 8. The zero-order valence-electron chi connectivity index (χ0n) is 18.3. The van der Waals surface area contributed by atoms with Gasteiger partial charge in [0, 0.05) is 64.9 Å². The van der Waals surface area contributed by atoms with Crippen LogP contribution in [0.25, 0.3) is 0 Å². The lowest BCUT2D eigenvalue weighted by molar-refractivity contribution is 0.473. The van der Waals surface area contributed by atoms with Crippen LogP contribution in [-0.2, 0) is 13.1 Å².